The summed E-state index contributed by atoms with van der Waals surface area (Å²) in [5.74, 6) is 0. The quantitative estimate of drug-likeness (QED) is 0.642. The van der Waals surface area contributed by atoms with Gasteiger partial charge in [0.2, 0.25) is 0 Å². The van der Waals surface area contributed by atoms with Crippen LogP contribution in [0.1, 0.15) is 11.3 Å². The Morgan fingerprint density at radius 3 is 2.23 bits per heavy atom. The highest BCUT2D eigenvalue weighted by atomic mass is 15.3. The monoisotopic (exact) mass is 289 g/mol. The molecule has 2 nitrogen and oxygen atoms in total. The molecule has 1 heterocycles. The molecule has 0 spiro atoms. The van der Waals surface area contributed by atoms with E-state index in [4.69, 9.17) is 0 Å². The number of hydrogen-bond acceptors (Lipinski definition) is 1. The van der Waals surface area contributed by atoms with Crippen LogP contribution < -0.4 is 4.48 Å². The molecule has 0 saturated heterocycles. The van der Waals surface area contributed by atoms with E-state index in [-0.39, 0.29) is 0 Å². The number of rotatable bonds is 3. The molecule has 0 radical (unpaired) electrons. The predicted molar refractivity (Wildman–Crippen MR) is 96.7 cm³/mol. The summed E-state index contributed by atoms with van der Waals surface area (Å²) in [5, 5.41) is 1.17. The molecule has 0 aliphatic rings. The summed E-state index contributed by atoms with van der Waals surface area (Å²) in [4.78, 5) is 4.66. The molecule has 0 unspecified atom stereocenters. The van der Waals surface area contributed by atoms with Crippen LogP contribution in [0.25, 0.3) is 23.1 Å². The van der Waals surface area contributed by atoms with Crippen LogP contribution >= 0.6 is 0 Å². The second-order valence-electron chi connectivity index (χ2n) is 6.37. The standard InChI is InChI=1S/C20H21N2/c1-22(2,3)19-14-9-16(10-15-19)8-12-18-13-11-17-6-4-5-7-20(17)21-18/h4-15H,1-3H3/q+1. The first-order valence-corrected chi connectivity index (χ1v) is 7.48. The average molecular weight is 289 g/mol. The molecule has 3 rings (SSSR count). The van der Waals surface area contributed by atoms with Gasteiger partial charge in [0, 0.05) is 5.39 Å². The lowest BCUT2D eigenvalue weighted by molar-refractivity contribution is 0.486. The molecule has 0 aliphatic heterocycles. The lowest BCUT2D eigenvalue weighted by Crippen LogP contribution is -2.34. The van der Waals surface area contributed by atoms with Gasteiger partial charge in [-0.2, -0.15) is 0 Å². The maximum Gasteiger partial charge on any atom is 0.132 e. The molecular formula is C20H21N2+. The largest absolute Gasteiger partial charge is 0.298 e. The topological polar surface area (TPSA) is 12.9 Å². The first kappa shape index (κ1) is 14.5. The summed E-state index contributed by atoms with van der Waals surface area (Å²) in [6, 6.07) is 21.0. The van der Waals surface area contributed by atoms with Gasteiger partial charge in [-0.15, -0.1) is 0 Å². The Balaban J connectivity index is 1.83. The van der Waals surface area contributed by atoms with Crippen molar-refractivity contribution in [2.24, 2.45) is 0 Å². The second-order valence-corrected chi connectivity index (χ2v) is 6.37. The zero-order valence-electron chi connectivity index (χ0n) is 13.3. The summed E-state index contributed by atoms with van der Waals surface area (Å²) in [7, 11) is 6.51. The van der Waals surface area contributed by atoms with Crippen LogP contribution in [0.4, 0.5) is 5.69 Å². The number of fused-ring (bicyclic) bond motifs is 1. The van der Waals surface area contributed by atoms with Gasteiger partial charge < -0.3 is 0 Å². The molecule has 2 heteroatoms. The zero-order chi connectivity index (χ0) is 15.6. The molecule has 0 amide bonds. The normalized spacial score (nSPS) is 12.1. The maximum absolute atomic E-state index is 4.66. The van der Waals surface area contributed by atoms with Crippen LogP contribution in [0.15, 0.2) is 60.7 Å². The minimum Gasteiger partial charge on any atom is -0.298 e. The minimum atomic E-state index is 0.830. The molecule has 0 aliphatic carbocycles. The van der Waals surface area contributed by atoms with Gasteiger partial charge in [-0.05, 0) is 48.0 Å². The Morgan fingerprint density at radius 1 is 0.773 bits per heavy atom. The number of nitrogens with zero attached hydrogens (tertiary/aromatic N) is 2. The molecule has 1 aromatic heterocycles. The summed E-state index contributed by atoms with van der Waals surface area (Å²) >= 11 is 0. The van der Waals surface area contributed by atoms with Crippen molar-refractivity contribution in [1.82, 2.24) is 9.47 Å². The van der Waals surface area contributed by atoms with Gasteiger partial charge in [-0.1, -0.05) is 30.3 Å². The molecule has 2 aromatic carbocycles. The van der Waals surface area contributed by atoms with Crippen LogP contribution in [0.3, 0.4) is 0 Å². The SMILES string of the molecule is C[N+](C)(C)c1ccc(C=Cc2ccc3ccccc3n2)cc1. The summed E-state index contributed by atoms with van der Waals surface area (Å²) in [6.07, 6.45) is 4.17. The van der Waals surface area contributed by atoms with Crippen LogP contribution in [0.2, 0.25) is 0 Å². The third-order valence-corrected chi connectivity index (χ3v) is 3.73. The Morgan fingerprint density at radius 2 is 1.50 bits per heavy atom. The van der Waals surface area contributed by atoms with Gasteiger partial charge >= 0.3 is 0 Å². The van der Waals surface area contributed by atoms with E-state index in [2.05, 4.69) is 80.7 Å². The third kappa shape index (κ3) is 3.23. The highest BCUT2D eigenvalue weighted by Gasteiger charge is 2.10. The Hall–Kier alpha value is -2.45. The fourth-order valence-electron chi connectivity index (χ4n) is 2.39. The fourth-order valence-corrected chi connectivity index (χ4v) is 2.39. The van der Waals surface area contributed by atoms with Crippen molar-refractivity contribution in [3.05, 3.63) is 71.9 Å². The van der Waals surface area contributed by atoms with Crippen molar-refractivity contribution in [3.8, 4) is 0 Å². The fraction of sp³-hybridized carbons (Fsp3) is 0.150. The molecule has 110 valence electrons. The van der Waals surface area contributed by atoms with Crippen molar-refractivity contribution in [2.75, 3.05) is 21.1 Å². The van der Waals surface area contributed by atoms with Crippen LogP contribution in [-0.2, 0) is 0 Å². The molecule has 3 aromatic rings. The van der Waals surface area contributed by atoms with E-state index < -0.39 is 0 Å². The average Bonchev–Trinajstić information content (AvgIpc) is 2.52. The van der Waals surface area contributed by atoms with Crippen molar-refractivity contribution >= 4 is 28.7 Å². The predicted octanol–water partition coefficient (Wildman–Crippen LogP) is 4.60. The van der Waals surface area contributed by atoms with Gasteiger partial charge in [0.05, 0.1) is 32.4 Å². The van der Waals surface area contributed by atoms with E-state index in [1.165, 1.54) is 16.6 Å². The number of pyridine rings is 1. The highest BCUT2D eigenvalue weighted by Crippen LogP contribution is 2.19. The molecule has 0 atom stereocenters. The van der Waals surface area contributed by atoms with E-state index in [9.17, 15) is 0 Å². The maximum atomic E-state index is 4.66. The number of para-hydroxylation sites is 1. The molecule has 0 saturated carbocycles. The van der Waals surface area contributed by atoms with Crippen LogP contribution in [0.5, 0.6) is 0 Å². The smallest absolute Gasteiger partial charge is 0.132 e. The van der Waals surface area contributed by atoms with Gasteiger partial charge in [-0.3, -0.25) is 4.48 Å². The molecule has 0 N–H and O–H groups in total. The van der Waals surface area contributed by atoms with Crippen molar-refractivity contribution in [3.63, 3.8) is 0 Å². The van der Waals surface area contributed by atoms with Gasteiger partial charge in [-0.25, -0.2) is 4.98 Å². The van der Waals surface area contributed by atoms with Gasteiger partial charge in [0.15, 0.2) is 0 Å². The van der Waals surface area contributed by atoms with Crippen LogP contribution in [-0.4, -0.2) is 26.1 Å². The van der Waals surface area contributed by atoms with E-state index in [0.717, 1.165) is 15.7 Å². The zero-order valence-corrected chi connectivity index (χ0v) is 13.3. The highest BCUT2D eigenvalue weighted by molar-refractivity contribution is 5.80. The molecular weight excluding hydrogens is 268 g/mol. The van der Waals surface area contributed by atoms with E-state index in [0.29, 0.717) is 0 Å². The Labute approximate surface area is 131 Å². The van der Waals surface area contributed by atoms with Crippen molar-refractivity contribution in [2.45, 2.75) is 0 Å². The number of benzene rings is 2. The number of aromatic nitrogens is 1. The summed E-state index contributed by atoms with van der Waals surface area (Å²) in [5.41, 5.74) is 4.49. The van der Waals surface area contributed by atoms with E-state index in [1.54, 1.807) is 0 Å². The molecule has 22 heavy (non-hydrogen) atoms. The summed E-state index contributed by atoms with van der Waals surface area (Å²) < 4.78 is 0.830. The van der Waals surface area contributed by atoms with Crippen molar-refractivity contribution in [1.29, 1.82) is 0 Å². The van der Waals surface area contributed by atoms with Crippen molar-refractivity contribution < 1.29 is 0 Å². The minimum absolute atomic E-state index is 0.830. The Bertz CT molecular complexity index is 809. The first-order valence-electron chi connectivity index (χ1n) is 7.48. The molecule has 0 bridgehead atoms. The summed E-state index contributed by atoms with van der Waals surface area (Å²) in [6.45, 7) is 0. The number of hydrogen-bond donors (Lipinski definition) is 0. The van der Waals surface area contributed by atoms with E-state index >= 15 is 0 Å². The lowest BCUT2D eigenvalue weighted by atomic mass is 10.1. The van der Waals surface area contributed by atoms with Gasteiger partial charge in [0.25, 0.3) is 0 Å². The number of quaternary nitrogens is 1. The van der Waals surface area contributed by atoms with E-state index in [1.807, 2.05) is 18.2 Å². The van der Waals surface area contributed by atoms with Crippen LogP contribution in [0, 0.1) is 0 Å². The lowest BCUT2D eigenvalue weighted by Gasteiger charge is -2.23. The van der Waals surface area contributed by atoms with Gasteiger partial charge in [0.1, 0.15) is 5.69 Å². The molecule has 0 fully saturated rings. The third-order valence-electron chi connectivity index (χ3n) is 3.73. The Kier molecular flexibility index (Phi) is 3.78. The first-order chi connectivity index (χ1) is 10.5. The second kappa shape index (κ2) is 5.74.